The van der Waals surface area contributed by atoms with Gasteiger partial charge >= 0.3 is 5.97 Å². The maximum atomic E-state index is 12.0. The van der Waals surface area contributed by atoms with Gasteiger partial charge in [-0.1, -0.05) is 35.9 Å². The van der Waals surface area contributed by atoms with Gasteiger partial charge in [-0.05, 0) is 29.8 Å². The molecule has 128 valence electrons. The second-order valence-electron chi connectivity index (χ2n) is 5.35. The van der Waals surface area contributed by atoms with E-state index >= 15 is 0 Å². The van der Waals surface area contributed by atoms with E-state index in [0.29, 0.717) is 16.5 Å². The van der Waals surface area contributed by atoms with Crippen LogP contribution in [0.15, 0.2) is 54.7 Å². The fourth-order valence-corrected chi connectivity index (χ4v) is 2.37. The third-order valence-electron chi connectivity index (χ3n) is 3.44. The van der Waals surface area contributed by atoms with Crippen LogP contribution in [0.25, 0.3) is 0 Å². The lowest BCUT2D eigenvalue weighted by Crippen LogP contribution is -2.06. The number of rotatable bonds is 5. The number of carbonyl (C=O) groups excluding carboxylic acids is 1. The van der Waals surface area contributed by atoms with Gasteiger partial charge in [0.25, 0.3) is 0 Å². The van der Waals surface area contributed by atoms with Gasteiger partial charge in [-0.15, -0.1) is 0 Å². The SMILES string of the molecule is Cn1cc(C(=O)OCc2ccc(Oc3ccccc3Cl)cc2)c(N)n1. The quantitative estimate of drug-likeness (QED) is 0.702. The Bertz CT molecular complexity index is 891. The Morgan fingerprint density at radius 3 is 2.56 bits per heavy atom. The van der Waals surface area contributed by atoms with E-state index in [1.54, 1.807) is 31.3 Å². The average molecular weight is 358 g/mol. The lowest BCUT2D eigenvalue weighted by molar-refractivity contribution is 0.0474. The minimum absolute atomic E-state index is 0.125. The monoisotopic (exact) mass is 357 g/mol. The Morgan fingerprint density at radius 2 is 1.92 bits per heavy atom. The molecule has 0 atom stereocenters. The summed E-state index contributed by atoms with van der Waals surface area (Å²) in [5.74, 6) is 0.855. The molecule has 0 radical (unpaired) electrons. The molecular formula is C18H16ClN3O3. The first-order chi connectivity index (χ1) is 12.0. The molecule has 1 aromatic heterocycles. The number of nitrogens with two attached hydrogens (primary N) is 1. The third kappa shape index (κ3) is 4.10. The minimum Gasteiger partial charge on any atom is -0.457 e. The number of halogens is 1. The van der Waals surface area contributed by atoms with E-state index < -0.39 is 5.97 Å². The molecule has 25 heavy (non-hydrogen) atoms. The van der Waals surface area contributed by atoms with Crippen molar-refractivity contribution in [3.8, 4) is 11.5 Å². The Balaban J connectivity index is 1.60. The normalized spacial score (nSPS) is 10.5. The number of ether oxygens (including phenoxy) is 2. The Kier molecular flexibility index (Phi) is 4.90. The zero-order valence-corrected chi connectivity index (χ0v) is 14.2. The van der Waals surface area contributed by atoms with Gasteiger partial charge in [-0.2, -0.15) is 5.10 Å². The molecule has 0 saturated carbocycles. The van der Waals surface area contributed by atoms with Crippen LogP contribution in [0.2, 0.25) is 5.02 Å². The summed E-state index contributed by atoms with van der Waals surface area (Å²) >= 11 is 6.06. The number of nitrogens with zero attached hydrogens (tertiary/aromatic N) is 2. The highest BCUT2D eigenvalue weighted by Crippen LogP contribution is 2.28. The van der Waals surface area contributed by atoms with E-state index in [1.165, 1.54) is 10.9 Å². The smallest absolute Gasteiger partial charge is 0.343 e. The van der Waals surface area contributed by atoms with Crippen LogP contribution in [-0.2, 0) is 18.4 Å². The molecule has 1 heterocycles. The molecule has 6 nitrogen and oxygen atoms in total. The molecular weight excluding hydrogens is 342 g/mol. The maximum Gasteiger partial charge on any atom is 0.343 e. The summed E-state index contributed by atoms with van der Waals surface area (Å²) in [6, 6.07) is 14.4. The fourth-order valence-electron chi connectivity index (χ4n) is 2.20. The molecule has 0 saturated heterocycles. The van der Waals surface area contributed by atoms with Crippen LogP contribution in [0, 0.1) is 0 Å². The predicted molar refractivity (Wildman–Crippen MR) is 94.7 cm³/mol. The first kappa shape index (κ1) is 16.9. The summed E-state index contributed by atoms with van der Waals surface area (Å²) in [5, 5.41) is 4.45. The number of anilines is 1. The number of benzene rings is 2. The van der Waals surface area contributed by atoms with Crippen molar-refractivity contribution in [3.05, 3.63) is 70.9 Å². The number of esters is 1. The van der Waals surface area contributed by atoms with Crippen LogP contribution in [0.5, 0.6) is 11.5 Å². The van der Waals surface area contributed by atoms with E-state index in [4.69, 9.17) is 26.8 Å². The highest BCUT2D eigenvalue weighted by Gasteiger charge is 2.14. The van der Waals surface area contributed by atoms with Gasteiger partial charge in [0.1, 0.15) is 23.7 Å². The largest absolute Gasteiger partial charge is 0.457 e. The van der Waals surface area contributed by atoms with E-state index in [-0.39, 0.29) is 18.0 Å². The topological polar surface area (TPSA) is 79.4 Å². The van der Waals surface area contributed by atoms with Gasteiger partial charge < -0.3 is 15.2 Å². The zero-order valence-electron chi connectivity index (χ0n) is 13.5. The lowest BCUT2D eigenvalue weighted by atomic mass is 10.2. The number of carbonyl (C=O) groups is 1. The lowest BCUT2D eigenvalue weighted by Gasteiger charge is -2.08. The van der Waals surface area contributed by atoms with Gasteiger partial charge in [0, 0.05) is 13.2 Å². The Labute approximate surface area is 149 Å². The van der Waals surface area contributed by atoms with Crippen LogP contribution >= 0.6 is 11.6 Å². The van der Waals surface area contributed by atoms with Crippen molar-refractivity contribution >= 4 is 23.4 Å². The zero-order chi connectivity index (χ0) is 17.8. The molecule has 0 fully saturated rings. The molecule has 2 aromatic carbocycles. The first-order valence-corrected chi connectivity index (χ1v) is 7.88. The van der Waals surface area contributed by atoms with E-state index in [0.717, 1.165) is 5.56 Å². The molecule has 0 unspecified atom stereocenters. The molecule has 0 aliphatic carbocycles. The van der Waals surface area contributed by atoms with Gasteiger partial charge in [-0.3, -0.25) is 4.68 Å². The van der Waals surface area contributed by atoms with Gasteiger partial charge in [0.05, 0.1) is 5.02 Å². The summed E-state index contributed by atoms with van der Waals surface area (Å²) in [6.07, 6.45) is 1.53. The number of hydrogen-bond acceptors (Lipinski definition) is 5. The van der Waals surface area contributed by atoms with Crippen LogP contribution in [0.3, 0.4) is 0 Å². The molecule has 0 amide bonds. The highest BCUT2D eigenvalue weighted by molar-refractivity contribution is 6.32. The summed E-state index contributed by atoms with van der Waals surface area (Å²) in [5.41, 5.74) is 6.73. The highest BCUT2D eigenvalue weighted by atomic mass is 35.5. The minimum atomic E-state index is -0.512. The Hall–Kier alpha value is -2.99. The average Bonchev–Trinajstić information content (AvgIpc) is 2.94. The molecule has 0 bridgehead atoms. The maximum absolute atomic E-state index is 12.0. The van der Waals surface area contributed by atoms with Gasteiger partial charge in [-0.25, -0.2) is 4.79 Å². The number of para-hydroxylation sites is 1. The van der Waals surface area contributed by atoms with E-state index in [2.05, 4.69) is 5.10 Å². The molecule has 0 spiro atoms. The van der Waals surface area contributed by atoms with Crippen molar-refractivity contribution < 1.29 is 14.3 Å². The predicted octanol–water partition coefficient (Wildman–Crippen LogP) is 3.81. The number of aryl methyl sites for hydroxylation is 1. The standard InChI is InChI=1S/C18H16ClN3O3/c1-22-10-14(17(20)21-22)18(23)24-11-12-6-8-13(9-7-12)25-16-5-3-2-4-15(16)19/h2-10H,11H2,1H3,(H2,20,21). The molecule has 7 heteroatoms. The molecule has 0 aliphatic heterocycles. The van der Waals surface area contributed by atoms with Crippen molar-refractivity contribution in [1.29, 1.82) is 0 Å². The van der Waals surface area contributed by atoms with Crippen LogP contribution < -0.4 is 10.5 Å². The summed E-state index contributed by atoms with van der Waals surface area (Å²) in [4.78, 5) is 12.0. The van der Waals surface area contributed by atoms with Crippen LogP contribution in [0.1, 0.15) is 15.9 Å². The fraction of sp³-hybridized carbons (Fsp3) is 0.111. The van der Waals surface area contributed by atoms with E-state index in [1.807, 2.05) is 24.3 Å². The second kappa shape index (κ2) is 7.27. The van der Waals surface area contributed by atoms with Gasteiger partial charge in [0.2, 0.25) is 0 Å². The van der Waals surface area contributed by atoms with Crippen molar-refractivity contribution in [2.45, 2.75) is 6.61 Å². The van der Waals surface area contributed by atoms with Crippen molar-refractivity contribution in [1.82, 2.24) is 9.78 Å². The first-order valence-electron chi connectivity index (χ1n) is 7.50. The molecule has 3 rings (SSSR count). The molecule has 3 aromatic rings. The number of nitrogen functional groups attached to an aromatic ring is 1. The number of aromatic nitrogens is 2. The van der Waals surface area contributed by atoms with Crippen LogP contribution in [0.4, 0.5) is 5.82 Å². The van der Waals surface area contributed by atoms with Crippen molar-refractivity contribution in [2.24, 2.45) is 7.05 Å². The molecule has 2 N–H and O–H groups in total. The summed E-state index contributed by atoms with van der Waals surface area (Å²) < 4.78 is 12.4. The van der Waals surface area contributed by atoms with Crippen LogP contribution in [-0.4, -0.2) is 15.7 Å². The Morgan fingerprint density at radius 1 is 1.20 bits per heavy atom. The van der Waals surface area contributed by atoms with Gasteiger partial charge in [0.15, 0.2) is 5.82 Å². The second-order valence-corrected chi connectivity index (χ2v) is 5.76. The number of hydrogen-bond donors (Lipinski definition) is 1. The molecule has 0 aliphatic rings. The summed E-state index contributed by atoms with van der Waals surface area (Å²) in [6.45, 7) is 0.125. The van der Waals surface area contributed by atoms with Crippen molar-refractivity contribution in [2.75, 3.05) is 5.73 Å². The van der Waals surface area contributed by atoms with Crippen molar-refractivity contribution in [3.63, 3.8) is 0 Å². The third-order valence-corrected chi connectivity index (χ3v) is 3.75. The van der Waals surface area contributed by atoms with E-state index in [9.17, 15) is 4.79 Å². The summed E-state index contributed by atoms with van der Waals surface area (Å²) in [7, 11) is 1.69.